The van der Waals surface area contributed by atoms with Crippen LogP contribution in [0.15, 0.2) is 24.3 Å². The molecular weight excluding hydrogens is 308 g/mol. The minimum absolute atomic E-state index is 0.114. The van der Waals surface area contributed by atoms with E-state index in [0.29, 0.717) is 22.7 Å². The Morgan fingerprint density at radius 2 is 2.04 bits per heavy atom. The van der Waals surface area contributed by atoms with Gasteiger partial charge in [-0.05, 0) is 85.9 Å². The first kappa shape index (κ1) is 17.4. The van der Waals surface area contributed by atoms with Gasteiger partial charge in [0.25, 0.3) is 0 Å². The summed E-state index contributed by atoms with van der Waals surface area (Å²) in [5.74, 6) is 2.90. The second-order valence-corrected chi connectivity index (χ2v) is 9.70. The average Bonchev–Trinajstić information content (AvgIpc) is 2.91. The molecule has 0 aromatic carbocycles. The summed E-state index contributed by atoms with van der Waals surface area (Å²) in [6.07, 6.45) is 14.9. The Balaban J connectivity index is 1.59. The number of fused-ring (bicyclic) bond motifs is 5. The van der Waals surface area contributed by atoms with Gasteiger partial charge in [-0.2, -0.15) is 0 Å². The van der Waals surface area contributed by atoms with Gasteiger partial charge in [-0.15, -0.1) is 6.58 Å². The van der Waals surface area contributed by atoms with Gasteiger partial charge in [0.15, 0.2) is 0 Å². The number of allylic oxidation sites excluding steroid dienone is 3. The number of rotatable bonds is 2. The lowest BCUT2D eigenvalue weighted by Gasteiger charge is -2.56. The Morgan fingerprint density at radius 3 is 2.76 bits per heavy atom. The molecule has 1 unspecified atom stereocenters. The van der Waals surface area contributed by atoms with Crippen molar-refractivity contribution in [3.8, 4) is 0 Å². The van der Waals surface area contributed by atoms with Crippen LogP contribution in [0.3, 0.4) is 0 Å². The summed E-state index contributed by atoms with van der Waals surface area (Å²) >= 11 is 0. The molecule has 0 bridgehead atoms. The molecule has 4 aliphatic carbocycles. The van der Waals surface area contributed by atoms with Gasteiger partial charge in [0, 0.05) is 6.92 Å². The minimum atomic E-state index is -0.114. The molecule has 4 aliphatic rings. The highest BCUT2D eigenvalue weighted by Crippen LogP contribution is 2.65. The summed E-state index contributed by atoms with van der Waals surface area (Å²) in [5, 5.41) is 0. The van der Waals surface area contributed by atoms with E-state index in [4.69, 9.17) is 4.74 Å². The van der Waals surface area contributed by atoms with E-state index in [9.17, 15) is 4.79 Å². The van der Waals surface area contributed by atoms with Crippen LogP contribution in [0.1, 0.15) is 72.1 Å². The monoisotopic (exact) mass is 342 g/mol. The van der Waals surface area contributed by atoms with E-state index in [2.05, 4.69) is 32.6 Å². The van der Waals surface area contributed by atoms with Gasteiger partial charge in [-0.25, -0.2) is 0 Å². The lowest BCUT2D eigenvalue weighted by molar-refractivity contribution is -0.151. The minimum Gasteiger partial charge on any atom is -0.463 e. The summed E-state index contributed by atoms with van der Waals surface area (Å²) in [6.45, 7) is 10.7. The third kappa shape index (κ3) is 2.54. The first-order chi connectivity index (χ1) is 11.9. The normalized spacial score (nSPS) is 48.6. The van der Waals surface area contributed by atoms with Crippen molar-refractivity contribution in [2.24, 2.45) is 34.5 Å². The molecule has 3 fully saturated rings. The van der Waals surface area contributed by atoms with Crippen LogP contribution in [0.2, 0.25) is 0 Å². The summed E-state index contributed by atoms with van der Waals surface area (Å²) in [5.41, 5.74) is 2.55. The predicted molar refractivity (Wildman–Crippen MR) is 101 cm³/mol. The van der Waals surface area contributed by atoms with Gasteiger partial charge in [0.05, 0.1) is 0 Å². The van der Waals surface area contributed by atoms with Gasteiger partial charge in [0.1, 0.15) is 6.10 Å². The van der Waals surface area contributed by atoms with Gasteiger partial charge >= 0.3 is 5.97 Å². The van der Waals surface area contributed by atoms with Crippen molar-refractivity contribution in [3.05, 3.63) is 24.3 Å². The quantitative estimate of drug-likeness (QED) is 0.476. The van der Waals surface area contributed by atoms with Crippen molar-refractivity contribution in [3.63, 3.8) is 0 Å². The van der Waals surface area contributed by atoms with Crippen molar-refractivity contribution in [2.75, 3.05) is 0 Å². The molecule has 0 aromatic rings. The summed E-state index contributed by atoms with van der Waals surface area (Å²) in [7, 11) is 0. The second kappa shape index (κ2) is 5.99. The highest BCUT2D eigenvalue weighted by Gasteiger charge is 2.56. The van der Waals surface area contributed by atoms with Crippen molar-refractivity contribution in [1.29, 1.82) is 0 Å². The molecule has 0 amide bonds. The number of hydrogen-bond donors (Lipinski definition) is 0. The first-order valence-corrected chi connectivity index (χ1v) is 10.4. The number of carbonyl (C=O) groups is 1. The van der Waals surface area contributed by atoms with Gasteiger partial charge in [-0.1, -0.05) is 31.6 Å². The summed E-state index contributed by atoms with van der Waals surface area (Å²) in [6, 6.07) is 0. The van der Waals surface area contributed by atoms with E-state index in [0.717, 1.165) is 24.7 Å². The van der Waals surface area contributed by atoms with Crippen LogP contribution >= 0.6 is 0 Å². The van der Waals surface area contributed by atoms with Crippen molar-refractivity contribution < 1.29 is 9.53 Å². The number of ether oxygens (including phenoxy) is 1. The Hall–Kier alpha value is -1.05. The molecule has 0 radical (unpaired) electrons. The summed E-state index contributed by atoms with van der Waals surface area (Å²) < 4.78 is 5.57. The topological polar surface area (TPSA) is 26.3 Å². The molecule has 2 nitrogen and oxygen atoms in total. The van der Waals surface area contributed by atoms with Crippen LogP contribution in [0.4, 0.5) is 0 Å². The van der Waals surface area contributed by atoms with E-state index < -0.39 is 0 Å². The lowest BCUT2D eigenvalue weighted by Crippen LogP contribution is -2.48. The zero-order chi connectivity index (χ0) is 17.8. The molecule has 7 atom stereocenters. The van der Waals surface area contributed by atoms with Crippen molar-refractivity contribution >= 4 is 5.97 Å². The maximum atomic E-state index is 11.4. The lowest BCUT2D eigenvalue weighted by atomic mass is 9.49. The Morgan fingerprint density at radius 1 is 1.24 bits per heavy atom. The van der Waals surface area contributed by atoms with Crippen LogP contribution in [-0.4, -0.2) is 12.1 Å². The van der Waals surface area contributed by atoms with E-state index in [1.807, 2.05) is 0 Å². The maximum Gasteiger partial charge on any atom is 0.302 e. The number of carbonyl (C=O) groups excluding carboxylic acids is 1. The zero-order valence-corrected chi connectivity index (χ0v) is 16.2. The maximum absolute atomic E-state index is 11.4. The molecule has 25 heavy (non-hydrogen) atoms. The van der Waals surface area contributed by atoms with Crippen LogP contribution in [0.5, 0.6) is 0 Å². The van der Waals surface area contributed by atoms with Crippen LogP contribution in [0.25, 0.3) is 0 Å². The zero-order valence-electron chi connectivity index (χ0n) is 16.2. The van der Waals surface area contributed by atoms with E-state index in [1.165, 1.54) is 38.5 Å². The fourth-order valence-electron chi connectivity index (χ4n) is 7.25. The molecule has 0 spiro atoms. The molecular formula is C23H34O2. The predicted octanol–water partition coefficient (Wildman–Crippen LogP) is 5.68. The summed E-state index contributed by atoms with van der Waals surface area (Å²) in [4.78, 5) is 11.4. The molecule has 0 N–H and O–H groups in total. The Labute approximate surface area is 153 Å². The van der Waals surface area contributed by atoms with Gasteiger partial charge < -0.3 is 4.74 Å². The van der Waals surface area contributed by atoms with E-state index in [1.54, 1.807) is 12.5 Å². The molecule has 4 rings (SSSR count). The second-order valence-electron chi connectivity index (χ2n) is 9.70. The third-order valence-electron chi connectivity index (χ3n) is 8.67. The molecule has 0 saturated heterocycles. The highest BCUT2D eigenvalue weighted by atomic mass is 16.5. The Kier molecular flexibility index (Phi) is 4.16. The Bertz CT molecular complexity index is 605. The van der Waals surface area contributed by atoms with E-state index >= 15 is 0 Å². The molecule has 138 valence electrons. The molecule has 0 aliphatic heterocycles. The fourth-order valence-corrected chi connectivity index (χ4v) is 7.25. The van der Waals surface area contributed by atoms with Gasteiger partial charge in [-0.3, -0.25) is 4.79 Å². The molecule has 0 heterocycles. The smallest absolute Gasteiger partial charge is 0.302 e. The number of esters is 1. The van der Waals surface area contributed by atoms with Crippen molar-refractivity contribution in [2.45, 2.75) is 78.2 Å². The largest absolute Gasteiger partial charge is 0.463 e. The highest BCUT2D eigenvalue weighted by molar-refractivity contribution is 5.66. The molecule has 0 aromatic heterocycles. The molecule has 3 saturated carbocycles. The van der Waals surface area contributed by atoms with Crippen molar-refractivity contribution in [1.82, 2.24) is 0 Å². The van der Waals surface area contributed by atoms with E-state index in [-0.39, 0.29) is 12.1 Å². The molecule has 2 heteroatoms. The number of hydrogen-bond acceptors (Lipinski definition) is 2. The van der Waals surface area contributed by atoms with Crippen LogP contribution < -0.4 is 0 Å². The van der Waals surface area contributed by atoms with Crippen LogP contribution in [0, 0.1) is 34.5 Å². The average molecular weight is 343 g/mol. The SMILES string of the molecule is C=CC1CC[C@H]2[C@@H]3CC[C@@H]4C[C@H](OC(C)=O)CC[C@]4(C)C3=CC[C@]12C. The third-order valence-corrected chi connectivity index (χ3v) is 8.67. The standard InChI is InChI=1S/C23H34O2/c1-5-16-7-9-20-19-8-6-17-14-18(25-15(2)24)10-12-23(17,4)21(19)11-13-22(16,20)3/h5,11,16-20H,1,6-10,12-14H2,2-4H3/t16?,17-,18-,19+,20+,22-,23+/m1/s1. The van der Waals surface area contributed by atoms with Gasteiger partial charge in [0.2, 0.25) is 0 Å². The fraction of sp³-hybridized carbons (Fsp3) is 0.783. The van der Waals surface area contributed by atoms with Crippen LogP contribution in [-0.2, 0) is 9.53 Å². The first-order valence-electron chi connectivity index (χ1n) is 10.4.